The third-order valence-corrected chi connectivity index (χ3v) is 3.29. The van der Waals surface area contributed by atoms with Crippen LogP contribution in [0.5, 0.6) is 0 Å². The summed E-state index contributed by atoms with van der Waals surface area (Å²) in [7, 11) is 0. The van der Waals surface area contributed by atoms with Crippen LogP contribution >= 0.6 is 11.8 Å². The third kappa shape index (κ3) is 2.93. The molecule has 0 unspecified atom stereocenters. The van der Waals surface area contributed by atoms with E-state index >= 15 is 0 Å². The highest BCUT2D eigenvalue weighted by Crippen LogP contribution is 2.28. The second-order valence-electron chi connectivity index (χ2n) is 2.82. The van der Waals surface area contributed by atoms with E-state index in [1.54, 1.807) is 0 Å². The molecule has 0 radical (unpaired) electrons. The molecule has 1 N–H and O–H groups in total. The van der Waals surface area contributed by atoms with Crippen molar-refractivity contribution in [3.63, 3.8) is 0 Å². The van der Waals surface area contributed by atoms with Crippen LogP contribution in [0.1, 0.15) is 32.6 Å². The zero-order valence-corrected chi connectivity index (χ0v) is 7.54. The van der Waals surface area contributed by atoms with E-state index in [2.05, 4.69) is 24.0 Å². The topological polar surface area (TPSA) is 12.0 Å². The van der Waals surface area contributed by atoms with Gasteiger partial charge in [-0.05, 0) is 19.4 Å². The molecule has 1 aliphatic carbocycles. The Hall–Kier alpha value is 0.310. The molecule has 2 heteroatoms. The molecule has 1 nitrogen and oxygen atoms in total. The van der Waals surface area contributed by atoms with Crippen LogP contribution in [0, 0.1) is 0 Å². The minimum atomic E-state index is 0.971. The summed E-state index contributed by atoms with van der Waals surface area (Å²) in [4.78, 5) is 0. The maximum Gasteiger partial charge on any atom is 0.0420 e. The maximum atomic E-state index is 3.34. The molecule has 1 aliphatic rings. The number of rotatable bonds is 4. The molecule has 1 fully saturated rings. The summed E-state index contributed by atoms with van der Waals surface area (Å²) in [5, 5.41) is 4.31. The minimum absolute atomic E-state index is 0.971. The molecule has 0 aliphatic heterocycles. The summed E-state index contributed by atoms with van der Waals surface area (Å²) in [6.07, 6.45) is 5.83. The van der Waals surface area contributed by atoms with Gasteiger partial charge in [-0.2, -0.15) is 0 Å². The van der Waals surface area contributed by atoms with Crippen LogP contribution in [0.15, 0.2) is 0 Å². The van der Waals surface area contributed by atoms with E-state index in [4.69, 9.17) is 0 Å². The second kappa shape index (κ2) is 5.03. The lowest BCUT2D eigenvalue weighted by atomic mass is 10.4. The number of hydrogen-bond acceptors (Lipinski definition) is 2. The molecule has 60 valence electrons. The van der Waals surface area contributed by atoms with E-state index in [-0.39, 0.29) is 0 Å². The summed E-state index contributed by atoms with van der Waals surface area (Å²) in [5.74, 6) is 1.15. The molecule has 1 saturated carbocycles. The van der Waals surface area contributed by atoms with Crippen molar-refractivity contribution in [2.75, 3.05) is 12.4 Å². The van der Waals surface area contributed by atoms with E-state index in [0.717, 1.165) is 17.7 Å². The first-order valence-corrected chi connectivity index (χ1v) is 5.30. The molecule has 0 aromatic rings. The van der Waals surface area contributed by atoms with E-state index in [1.807, 2.05) is 0 Å². The van der Waals surface area contributed by atoms with Gasteiger partial charge in [-0.25, -0.2) is 0 Å². The van der Waals surface area contributed by atoms with Gasteiger partial charge in [0, 0.05) is 11.1 Å². The Morgan fingerprint density at radius 1 is 1.40 bits per heavy atom. The van der Waals surface area contributed by atoms with Crippen LogP contribution < -0.4 is 5.32 Å². The Morgan fingerprint density at radius 2 is 2.10 bits per heavy atom. The van der Waals surface area contributed by atoms with Crippen molar-refractivity contribution in [1.29, 1.82) is 0 Å². The number of nitrogens with one attached hydrogen (secondary N) is 1. The Kier molecular flexibility index (Phi) is 4.23. The molecular weight excluding hydrogens is 142 g/mol. The fraction of sp³-hybridized carbons (Fsp3) is 1.00. The second-order valence-corrected chi connectivity index (χ2v) is 4.11. The largest absolute Gasteiger partial charge is 0.308 e. The lowest BCUT2D eigenvalue weighted by Gasteiger charge is -2.07. The lowest BCUT2D eigenvalue weighted by molar-refractivity contribution is 0.827. The molecule has 0 aromatic heterocycles. The highest BCUT2D eigenvalue weighted by molar-refractivity contribution is 7.99. The van der Waals surface area contributed by atoms with Crippen molar-refractivity contribution < 1.29 is 0 Å². The monoisotopic (exact) mass is 159 g/mol. The Bertz CT molecular complexity index is 79.3. The number of thioether (sulfide) groups is 1. The van der Waals surface area contributed by atoms with Crippen molar-refractivity contribution in [3.05, 3.63) is 0 Å². The minimum Gasteiger partial charge on any atom is -0.308 e. The van der Waals surface area contributed by atoms with Crippen molar-refractivity contribution in [1.82, 2.24) is 5.32 Å². The predicted molar refractivity (Wildman–Crippen MR) is 48.4 cm³/mol. The highest BCUT2D eigenvalue weighted by atomic mass is 32.2. The van der Waals surface area contributed by atoms with Crippen LogP contribution in [0.2, 0.25) is 0 Å². The van der Waals surface area contributed by atoms with E-state index in [0.29, 0.717) is 0 Å². The molecule has 0 bridgehead atoms. The molecule has 10 heavy (non-hydrogen) atoms. The molecule has 1 rings (SSSR count). The molecule has 0 spiro atoms. The normalized spacial score (nSPS) is 20.1. The fourth-order valence-corrected chi connectivity index (χ4v) is 2.56. The summed E-state index contributed by atoms with van der Waals surface area (Å²) in [6.45, 7) is 3.27. The van der Waals surface area contributed by atoms with E-state index in [1.165, 1.54) is 25.7 Å². The Balaban J connectivity index is 1.91. The quantitative estimate of drug-likeness (QED) is 0.498. The van der Waals surface area contributed by atoms with Gasteiger partial charge in [0.25, 0.3) is 0 Å². The van der Waals surface area contributed by atoms with Crippen LogP contribution in [0.3, 0.4) is 0 Å². The first kappa shape index (κ1) is 8.41. The molecule has 0 atom stereocenters. The standard InChI is InChI=1S/C8H17NS/c1-2-9-7-10-8-5-3-4-6-8/h8-9H,2-7H2,1H3. The molecule has 0 aromatic carbocycles. The van der Waals surface area contributed by atoms with E-state index in [9.17, 15) is 0 Å². The zero-order valence-electron chi connectivity index (χ0n) is 6.73. The molecule has 0 amide bonds. The Morgan fingerprint density at radius 3 is 2.70 bits per heavy atom. The van der Waals surface area contributed by atoms with Crippen molar-refractivity contribution >= 4 is 11.8 Å². The van der Waals surface area contributed by atoms with Gasteiger partial charge < -0.3 is 5.32 Å². The third-order valence-electron chi connectivity index (χ3n) is 1.97. The smallest absolute Gasteiger partial charge is 0.0420 e. The SMILES string of the molecule is CCNCSC1CCCC1. The maximum absolute atomic E-state index is 3.34. The average Bonchev–Trinajstić information content (AvgIpc) is 2.41. The fourth-order valence-electron chi connectivity index (χ4n) is 1.33. The Labute approximate surface area is 68.0 Å². The van der Waals surface area contributed by atoms with Gasteiger partial charge in [0.05, 0.1) is 0 Å². The van der Waals surface area contributed by atoms with Gasteiger partial charge >= 0.3 is 0 Å². The number of hydrogen-bond donors (Lipinski definition) is 1. The summed E-state index contributed by atoms with van der Waals surface area (Å²) < 4.78 is 0. The van der Waals surface area contributed by atoms with Crippen molar-refractivity contribution in [2.45, 2.75) is 37.9 Å². The first-order chi connectivity index (χ1) is 4.93. The summed E-state index contributed by atoms with van der Waals surface area (Å²) in [5.41, 5.74) is 0. The van der Waals surface area contributed by atoms with E-state index < -0.39 is 0 Å². The van der Waals surface area contributed by atoms with Gasteiger partial charge in [0.15, 0.2) is 0 Å². The first-order valence-electron chi connectivity index (χ1n) is 4.26. The van der Waals surface area contributed by atoms with Crippen molar-refractivity contribution in [2.24, 2.45) is 0 Å². The van der Waals surface area contributed by atoms with Gasteiger partial charge in [0.2, 0.25) is 0 Å². The molecule has 0 heterocycles. The summed E-state index contributed by atoms with van der Waals surface area (Å²) >= 11 is 2.10. The average molecular weight is 159 g/mol. The molecule has 0 saturated heterocycles. The zero-order chi connectivity index (χ0) is 7.23. The highest BCUT2D eigenvalue weighted by Gasteiger charge is 2.13. The van der Waals surface area contributed by atoms with Gasteiger partial charge in [-0.15, -0.1) is 11.8 Å². The van der Waals surface area contributed by atoms with Crippen molar-refractivity contribution in [3.8, 4) is 0 Å². The van der Waals surface area contributed by atoms with Crippen LogP contribution in [0.4, 0.5) is 0 Å². The lowest BCUT2D eigenvalue weighted by Crippen LogP contribution is -2.13. The predicted octanol–water partition coefficient (Wildman–Crippen LogP) is 2.23. The van der Waals surface area contributed by atoms with Crippen LogP contribution in [0.25, 0.3) is 0 Å². The molecular formula is C8H17NS. The van der Waals surface area contributed by atoms with Gasteiger partial charge in [-0.3, -0.25) is 0 Å². The van der Waals surface area contributed by atoms with Crippen LogP contribution in [-0.2, 0) is 0 Å². The van der Waals surface area contributed by atoms with Gasteiger partial charge in [0.1, 0.15) is 0 Å². The van der Waals surface area contributed by atoms with Crippen LogP contribution in [-0.4, -0.2) is 17.7 Å². The van der Waals surface area contributed by atoms with Gasteiger partial charge in [-0.1, -0.05) is 19.8 Å². The summed E-state index contributed by atoms with van der Waals surface area (Å²) in [6, 6.07) is 0.